The Bertz CT molecular complexity index is 914. The number of nitrogens with one attached hydrogen (secondary N) is 1. The number of anilines is 1. The van der Waals surface area contributed by atoms with E-state index >= 15 is 0 Å². The minimum Gasteiger partial charge on any atom is -0.495 e. The number of fused-ring (bicyclic) bond motifs is 1. The van der Waals surface area contributed by atoms with Gasteiger partial charge in [0.15, 0.2) is 0 Å². The molecule has 0 bridgehead atoms. The second-order valence-electron chi connectivity index (χ2n) is 5.54. The number of rotatable bonds is 5. The monoisotopic (exact) mass is 353 g/mol. The number of aryl methyl sites for hydroxylation is 1. The van der Waals surface area contributed by atoms with Gasteiger partial charge in [-0.2, -0.15) is 0 Å². The molecule has 25 heavy (non-hydrogen) atoms. The molecule has 0 aliphatic rings. The van der Waals surface area contributed by atoms with Crippen molar-refractivity contribution in [3.8, 4) is 5.75 Å². The molecule has 0 aliphatic carbocycles. The van der Waals surface area contributed by atoms with Gasteiger partial charge in [0.2, 0.25) is 5.91 Å². The summed E-state index contributed by atoms with van der Waals surface area (Å²) in [6, 6.07) is 15.2. The van der Waals surface area contributed by atoms with Crippen LogP contribution in [0, 0.1) is 6.92 Å². The van der Waals surface area contributed by atoms with E-state index in [1.807, 2.05) is 62.4 Å². The van der Waals surface area contributed by atoms with Gasteiger partial charge in [0.25, 0.3) is 0 Å². The fourth-order valence-electron chi connectivity index (χ4n) is 2.45. The lowest BCUT2D eigenvalue weighted by Gasteiger charge is -2.14. The van der Waals surface area contributed by atoms with E-state index in [9.17, 15) is 4.79 Å². The number of hydrogen-bond donors (Lipinski definition) is 1. The summed E-state index contributed by atoms with van der Waals surface area (Å²) in [5.74, 6) is 1.23. The highest BCUT2D eigenvalue weighted by Crippen LogP contribution is 2.30. The van der Waals surface area contributed by atoms with Crippen LogP contribution in [-0.4, -0.2) is 28.2 Å². The third kappa shape index (κ3) is 3.91. The Morgan fingerprint density at radius 1 is 1.12 bits per heavy atom. The average Bonchev–Trinajstić information content (AvgIpc) is 2.62. The number of benzene rings is 2. The molecule has 128 valence electrons. The van der Waals surface area contributed by atoms with E-state index < -0.39 is 0 Å². The number of carbonyl (C=O) groups excluding carboxylic acids is 1. The van der Waals surface area contributed by atoms with Gasteiger partial charge in [-0.3, -0.25) is 4.79 Å². The molecule has 6 heteroatoms. The first kappa shape index (κ1) is 17.2. The number of methoxy groups -OCH3 is 1. The summed E-state index contributed by atoms with van der Waals surface area (Å²) in [6.45, 7) is 3.72. The number of nitrogens with zero attached hydrogens (tertiary/aromatic N) is 2. The highest BCUT2D eigenvalue weighted by Gasteiger charge is 2.18. The molecular weight excluding hydrogens is 334 g/mol. The van der Waals surface area contributed by atoms with Crippen molar-refractivity contribution in [3.63, 3.8) is 0 Å². The average molecular weight is 353 g/mol. The Morgan fingerprint density at radius 2 is 1.84 bits per heavy atom. The second kappa shape index (κ2) is 7.53. The Labute approximate surface area is 150 Å². The lowest BCUT2D eigenvalue weighted by atomic mass is 10.2. The summed E-state index contributed by atoms with van der Waals surface area (Å²) in [5, 5.41) is 4.36. The van der Waals surface area contributed by atoms with Crippen LogP contribution < -0.4 is 10.1 Å². The first-order valence-corrected chi connectivity index (χ1v) is 8.80. The van der Waals surface area contributed by atoms with E-state index in [1.165, 1.54) is 11.8 Å². The van der Waals surface area contributed by atoms with Crippen LogP contribution in [0.5, 0.6) is 5.75 Å². The van der Waals surface area contributed by atoms with Crippen molar-refractivity contribution < 1.29 is 9.53 Å². The maximum Gasteiger partial charge on any atom is 0.237 e. The molecule has 2 aromatic carbocycles. The van der Waals surface area contributed by atoms with Crippen molar-refractivity contribution in [3.05, 3.63) is 54.4 Å². The third-order valence-corrected chi connectivity index (χ3v) is 4.80. The SMILES string of the molecule is COc1ccccc1NC(=O)[C@@H](C)Sc1nc(C)nc2ccccc12. The largest absolute Gasteiger partial charge is 0.495 e. The maximum atomic E-state index is 12.6. The summed E-state index contributed by atoms with van der Waals surface area (Å²) in [6.07, 6.45) is 0. The second-order valence-corrected chi connectivity index (χ2v) is 6.87. The Kier molecular flexibility index (Phi) is 5.19. The molecule has 0 fully saturated rings. The molecule has 5 nitrogen and oxygen atoms in total. The summed E-state index contributed by atoms with van der Waals surface area (Å²) in [5.41, 5.74) is 1.54. The van der Waals surface area contributed by atoms with Crippen LogP contribution in [0.1, 0.15) is 12.7 Å². The van der Waals surface area contributed by atoms with Crippen LogP contribution in [-0.2, 0) is 4.79 Å². The molecule has 0 saturated heterocycles. The van der Waals surface area contributed by atoms with Crippen LogP contribution >= 0.6 is 11.8 Å². The molecular formula is C19H19N3O2S. The Balaban J connectivity index is 1.80. The van der Waals surface area contributed by atoms with E-state index in [0.29, 0.717) is 17.3 Å². The van der Waals surface area contributed by atoms with E-state index in [4.69, 9.17) is 4.74 Å². The molecule has 0 aliphatic heterocycles. The van der Waals surface area contributed by atoms with E-state index in [0.717, 1.165) is 15.9 Å². The fraction of sp³-hybridized carbons (Fsp3) is 0.211. The minimum atomic E-state index is -0.317. The Morgan fingerprint density at radius 3 is 2.64 bits per heavy atom. The predicted octanol–water partition coefficient (Wildman–Crippen LogP) is 4.07. The lowest BCUT2D eigenvalue weighted by Crippen LogP contribution is -2.22. The van der Waals surface area contributed by atoms with Crippen molar-refractivity contribution >= 4 is 34.3 Å². The highest BCUT2D eigenvalue weighted by molar-refractivity contribution is 8.00. The number of aromatic nitrogens is 2. The third-order valence-electron chi connectivity index (χ3n) is 3.70. The number of hydrogen-bond acceptors (Lipinski definition) is 5. The van der Waals surface area contributed by atoms with Gasteiger partial charge in [-0.25, -0.2) is 9.97 Å². The molecule has 1 aromatic heterocycles. The van der Waals surface area contributed by atoms with Gasteiger partial charge in [-0.15, -0.1) is 0 Å². The summed E-state index contributed by atoms with van der Waals surface area (Å²) in [4.78, 5) is 21.5. The van der Waals surface area contributed by atoms with Crippen LogP contribution in [0.2, 0.25) is 0 Å². The van der Waals surface area contributed by atoms with Gasteiger partial charge in [0.1, 0.15) is 16.6 Å². The van der Waals surface area contributed by atoms with Crippen LogP contribution in [0.3, 0.4) is 0 Å². The minimum absolute atomic E-state index is 0.102. The smallest absolute Gasteiger partial charge is 0.237 e. The fourth-order valence-corrected chi connectivity index (χ4v) is 3.44. The standard InChI is InChI=1S/C19H19N3O2S/c1-12(18(23)22-16-10-6-7-11-17(16)24-3)25-19-14-8-4-5-9-15(14)20-13(2)21-19/h4-12H,1-3H3,(H,22,23)/t12-/m1/s1. The van der Waals surface area contributed by atoms with Crippen molar-refractivity contribution in [2.45, 2.75) is 24.1 Å². The maximum absolute atomic E-state index is 12.6. The van der Waals surface area contributed by atoms with Crippen LogP contribution in [0.25, 0.3) is 10.9 Å². The molecule has 1 amide bonds. The van der Waals surface area contributed by atoms with Crippen LogP contribution in [0.4, 0.5) is 5.69 Å². The first-order chi connectivity index (χ1) is 12.1. The summed E-state index contributed by atoms with van der Waals surface area (Å²) >= 11 is 1.42. The van der Waals surface area contributed by atoms with E-state index in [1.54, 1.807) is 7.11 Å². The summed E-state index contributed by atoms with van der Waals surface area (Å²) in [7, 11) is 1.58. The molecule has 0 saturated carbocycles. The predicted molar refractivity (Wildman–Crippen MR) is 101 cm³/mol. The lowest BCUT2D eigenvalue weighted by molar-refractivity contribution is -0.115. The normalized spacial score (nSPS) is 12.0. The molecule has 1 atom stereocenters. The topological polar surface area (TPSA) is 64.1 Å². The number of carbonyl (C=O) groups is 1. The summed E-state index contributed by atoms with van der Waals surface area (Å²) < 4.78 is 5.28. The van der Waals surface area contributed by atoms with Crippen molar-refractivity contribution in [1.29, 1.82) is 0 Å². The molecule has 3 rings (SSSR count). The number of ether oxygens (including phenoxy) is 1. The van der Waals surface area contributed by atoms with Crippen LogP contribution in [0.15, 0.2) is 53.6 Å². The molecule has 3 aromatic rings. The number of para-hydroxylation sites is 3. The van der Waals surface area contributed by atoms with Gasteiger partial charge in [0.05, 0.1) is 23.6 Å². The van der Waals surface area contributed by atoms with E-state index in [2.05, 4.69) is 15.3 Å². The molecule has 0 unspecified atom stereocenters. The van der Waals surface area contributed by atoms with Crippen molar-refractivity contribution in [1.82, 2.24) is 9.97 Å². The zero-order valence-electron chi connectivity index (χ0n) is 14.3. The zero-order valence-corrected chi connectivity index (χ0v) is 15.1. The number of amides is 1. The number of thioether (sulfide) groups is 1. The zero-order chi connectivity index (χ0) is 17.8. The Hall–Kier alpha value is -2.60. The molecule has 0 radical (unpaired) electrons. The van der Waals surface area contributed by atoms with Gasteiger partial charge in [0, 0.05) is 5.39 Å². The van der Waals surface area contributed by atoms with E-state index in [-0.39, 0.29) is 11.2 Å². The molecule has 0 spiro atoms. The van der Waals surface area contributed by atoms with Gasteiger partial charge >= 0.3 is 0 Å². The van der Waals surface area contributed by atoms with Gasteiger partial charge < -0.3 is 10.1 Å². The van der Waals surface area contributed by atoms with Crippen molar-refractivity contribution in [2.75, 3.05) is 12.4 Å². The van der Waals surface area contributed by atoms with Crippen molar-refractivity contribution in [2.24, 2.45) is 0 Å². The quantitative estimate of drug-likeness (QED) is 0.553. The highest BCUT2D eigenvalue weighted by atomic mass is 32.2. The molecule has 1 heterocycles. The molecule has 1 N–H and O–H groups in total. The van der Waals surface area contributed by atoms with Gasteiger partial charge in [-0.05, 0) is 32.0 Å². The first-order valence-electron chi connectivity index (χ1n) is 7.92. The van der Waals surface area contributed by atoms with Gasteiger partial charge in [-0.1, -0.05) is 42.1 Å².